The van der Waals surface area contributed by atoms with Crippen LogP contribution in [0.5, 0.6) is 0 Å². The molecule has 4 nitrogen and oxygen atoms in total. The van der Waals surface area contributed by atoms with Gasteiger partial charge < -0.3 is 10.2 Å². The van der Waals surface area contributed by atoms with Gasteiger partial charge in [0, 0.05) is 6.54 Å². The second-order valence-corrected chi connectivity index (χ2v) is 6.81. The largest absolute Gasteiger partial charge is 0.343 e. The highest BCUT2D eigenvalue weighted by molar-refractivity contribution is 5.96. The zero-order valence-electron chi connectivity index (χ0n) is 13.7. The number of hydrogen-bond acceptors (Lipinski definition) is 2. The average Bonchev–Trinajstić information content (AvgIpc) is 2.50. The number of nitrogens with zero attached hydrogens (tertiary/aromatic N) is 1. The highest BCUT2D eigenvalue weighted by atomic mass is 16.2. The number of carbonyl (C=O) groups is 2. The SMILES string of the molecule is CCCC1NC(=O)C(C)N(CC2CCC(CC)CC2)C1=O. The summed E-state index contributed by atoms with van der Waals surface area (Å²) in [6, 6.07) is -0.611. The van der Waals surface area contributed by atoms with Crippen LogP contribution < -0.4 is 5.32 Å². The highest BCUT2D eigenvalue weighted by Crippen LogP contribution is 2.31. The van der Waals surface area contributed by atoms with Gasteiger partial charge in [0.2, 0.25) is 11.8 Å². The maximum Gasteiger partial charge on any atom is 0.245 e. The van der Waals surface area contributed by atoms with E-state index in [9.17, 15) is 9.59 Å². The van der Waals surface area contributed by atoms with Gasteiger partial charge in [-0.1, -0.05) is 39.5 Å². The molecule has 1 aliphatic heterocycles. The summed E-state index contributed by atoms with van der Waals surface area (Å²) >= 11 is 0. The molecule has 0 aromatic rings. The highest BCUT2D eigenvalue weighted by Gasteiger charge is 2.38. The molecule has 0 radical (unpaired) electrons. The van der Waals surface area contributed by atoms with Crippen molar-refractivity contribution in [1.29, 1.82) is 0 Å². The van der Waals surface area contributed by atoms with E-state index >= 15 is 0 Å². The third kappa shape index (κ3) is 3.78. The molecule has 0 bridgehead atoms. The minimum absolute atomic E-state index is 0.00953. The lowest BCUT2D eigenvalue weighted by Crippen LogP contribution is -2.63. The Bertz CT molecular complexity index is 375. The van der Waals surface area contributed by atoms with Gasteiger partial charge in [-0.2, -0.15) is 0 Å². The fourth-order valence-electron chi connectivity index (χ4n) is 3.72. The van der Waals surface area contributed by atoms with Crippen LogP contribution in [0.3, 0.4) is 0 Å². The number of hydrogen-bond donors (Lipinski definition) is 1. The topological polar surface area (TPSA) is 49.4 Å². The summed E-state index contributed by atoms with van der Waals surface area (Å²) in [6.45, 7) is 6.94. The van der Waals surface area contributed by atoms with Gasteiger partial charge >= 0.3 is 0 Å². The number of carbonyl (C=O) groups excluding carboxylic acids is 2. The lowest BCUT2D eigenvalue weighted by Gasteiger charge is -2.40. The van der Waals surface area contributed by atoms with Gasteiger partial charge in [0.15, 0.2) is 0 Å². The normalized spacial score (nSPS) is 34.0. The summed E-state index contributed by atoms with van der Waals surface area (Å²) in [5.74, 6) is 1.58. The van der Waals surface area contributed by atoms with Crippen molar-refractivity contribution in [2.45, 2.75) is 77.8 Å². The quantitative estimate of drug-likeness (QED) is 0.847. The van der Waals surface area contributed by atoms with E-state index < -0.39 is 0 Å². The molecule has 120 valence electrons. The molecule has 1 saturated heterocycles. The minimum Gasteiger partial charge on any atom is -0.343 e. The van der Waals surface area contributed by atoms with Gasteiger partial charge in [-0.15, -0.1) is 0 Å². The average molecular weight is 294 g/mol. The monoisotopic (exact) mass is 294 g/mol. The Hall–Kier alpha value is -1.06. The van der Waals surface area contributed by atoms with Gasteiger partial charge in [0.05, 0.1) is 0 Å². The van der Waals surface area contributed by atoms with E-state index in [0.29, 0.717) is 5.92 Å². The van der Waals surface area contributed by atoms with Crippen molar-refractivity contribution in [3.05, 3.63) is 0 Å². The van der Waals surface area contributed by atoms with Crippen molar-refractivity contribution in [1.82, 2.24) is 10.2 Å². The van der Waals surface area contributed by atoms with Crippen LogP contribution in [0, 0.1) is 11.8 Å². The fourth-order valence-corrected chi connectivity index (χ4v) is 3.72. The Morgan fingerprint density at radius 1 is 1.10 bits per heavy atom. The Kier molecular flexibility index (Phi) is 5.65. The van der Waals surface area contributed by atoms with E-state index in [-0.39, 0.29) is 23.9 Å². The predicted molar refractivity (Wildman–Crippen MR) is 83.8 cm³/mol. The van der Waals surface area contributed by atoms with Gasteiger partial charge in [0.1, 0.15) is 12.1 Å². The van der Waals surface area contributed by atoms with Gasteiger partial charge in [-0.05, 0) is 38.0 Å². The molecular weight excluding hydrogens is 264 g/mol. The van der Waals surface area contributed by atoms with Crippen LogP contribution in [0.15, 0.2) is 0 Å². The van der Waals surface area contributed by atoms with Crippen LogP contribution >= 0.6 is 0 Å². The molecule has 2 amide bonds. The number of rotatable bonds is 5. The fraction of sp³-hybridized carbons (Fsp3) is 0.882. The Labute approximate surface area is 128 Å². The zero-order chi connectivity index (χ0) is 15.4. The molecule has 1 saturated carbocycles. The maximum atomic E-state index is 12.6. The summed E-state index contributed by atoms with van der Waals surface area (Å²) in [5.41, 5.74) is 0. The van der Waals surface area contributed by atoms with Crippen LogP contribution in [0.2, 0.25) is 0 Å². The summed E-state index contributed by atoms with van der Waals surface area (Å²) in [7, 11) is 0. The summed E-state index contributed by atoms with van der Waals surface area (Å²) < 4.78 is 0. The summed E-state index contributed by atoms with van der Waals surface area (Å²) in [5, 5.41) is 2.87. The second-order valence-electron chi connectivity index (χ2n) is 6.81. The molecule has 4 heteroatoms. The molecule has 2 rings (SSSR count). The van der Waals surface area contributed by atoms with E-state index in [1.165, 1.54) is 32.1 Å². The predicted octanol–water partition coefficient (Wildman–Crippen LogP) is 2.72. The molecule has 1 aliphatic carbocycles. The van der Waals surface area contributed by atoms with Gasteiger partial charge in [-0.25, -0.2) is 0 Å². The Balaban J connectivity index is 1.96. The van der Waals surface area contributed by atoms with Crippen molar-refractivity contribution >= 4 is 11.8 Å². The first-order chi connectivity index (χ1) is 10.1. The number of piperazine rings is 1. The molecule has 0 spiro atoms. The first kappa shape index (κ1) is 16.3. The second kappa shape index (κ2) is 7.28. The zero-order valence-corrected chi connectivity index (χ0v) is 13.7. The molecule has 21 heavy (non-hydrogen) atoms. The summed E-state index contributed by atoms with van der Waals surface area (Å²) in [6.07, 6.45) is 7.90. The van der Waals surface area contributed by atoms with E-state index in [0.717, 1.165) is 25.3 Å². The molecular formula is C17H30N2O2. The Morgan fingerprint density at radius 2 is 1.71 bits per heavy atom. The molecule has 1 heterocycles. The van der Waals surface area contributed by atoms with Gasteiger partial charge in [-0.3, -0.25) is 9.59 Å². The number of nitrogens with one attached hydrogen (secondary N) is 1. The molecule has 2 unspecified atom stereocenters. The van der Waals surface area contributed by atoms with Crippen molar-refractivity contribution in [2.75, 3.05) is 6.54 Å². The van der Waals surface area contributed by atoms with Crippen LogP contribution in [0.25, 0.3) is 0 Å². The molecule has 1 N–H and O–H groups in total. The van der Waals surface area contributed by atoms with E-state index in [2.05, 4.69) is 12.2 Å². The molecule has 2 fully saturated rings. The minimum atomic E-state index is -0.311. The number of amides is 2. The van der Waals surface area contributed by atoms with Crippen molar-refractivity contribution in [2.24, 2.45) is 11.8 Å². The van der Waals surface area contributed by atoms with E-state index in [1.807, 2.05) is 18.7 Å². The molecule has 2 atom stereocenters. The maximum absolute atomic E-state index is 12.6. The van der Waals surface area contributed by atoms with Crippen LogP contribution in [-0.2, 0) is 9.59 Å². The van der Waals surface area contributed by atoms with Crippen molar-refractivity contribution in [3.63, 3.8) is 0 Å². The smallest absolute Gasteiger partial charge is 0.245 e. The summed E-state index contributed by atoms with van der Waals surface area (Å²) in [4.78, 5) is 26.5. The van der Waals surface area contributed by atoms with E-state index in [4.69, 9.17) is 0 Å². The van der Waals surface area contributed by atoms with Crippen molar-refractivity contribution < 1.29 is 9.59 Å². The van der Waals surface area contributed by atoms with Crippen molar-refractivity contribution in [3.8, 4) is 0 Å². The Morgan fingerprint density at radius 3 is 2.29 bits per heavy atom. The van der Waals surface area contributed by atoms with Crippen LogP contribution in [0.1, 0.15) is 65.7 Å². The van der Waals surface area contributed by atoms with E-state index in [1.54, 1.807) is 0 Å². The molecule has 0 aromatic heterocycles. The first-order valence-corrected chi connectivity index (χ1v) is 8.67. The van der Waals surface area contributed by atoms with Crippen LogP contribution in [-0.4, -0.2) is 35.3 Å². The molecule has 2 aliphatic rings. The molecule has 0 aromatic carbocycles. The first-order valence-electron chi connectivity index (χ1n) is 8.67. The lowest BCUT2D eigenvalue weighted by atomic mass is 9.80. The van der Waals surface area contributed by atoms with Gasteiger partial charge in [0.25, 0.3) is 0 Å². The third-order valence-electron chi connectivity index (χ3n) is 5.32. The standard InChI is InChI=1S/C17H30N2O2/c1-4-6-15-17(21)19(12(3)16(20)18-15)11-14-9-7-13(5-2)8-10-14/h12-15H,4-11H2,1-3H3,(H,18,20). The third-order valence-corrected chi connectivity index (χ3v) is 5.32. The lowest BCUT2D eigenvalue weighted by molar-refractivity contribution is -0.149. The van der Waals surface area contributed by atoms with Crippen LogP contribution in [0.4, 0.5) is 0 Å².